The van der Waals surface area contributed by atoms with Gasteiger partial charge in [0.05, 0.1) is 11.6 Å². The van der Waals surface area contributed by atoms with Crippen LogP contribution in [0, 0.1) is 18.8 Å². The Kier molecular flexibility index (Phi) is 7.74. The van der Waals surface area contributed by atoms with E-state index in [9.17, 15) is 4.79 Å². The number of carbonyl (C=O) groups is 1. The Labute approximate surface area is 192 Å². The Morgan fingerprint density at radius 2 is 1.94 bits per heavy atom. The SMILES string of the molecule is Cc1cccc(-c2ccc(N3CCC[C@@H](C(=O)NCCCN4CCC(C)CC4)C3)nn2)c1. The maximum Gasteiger partial charge on any atom is 0.224 e. The summed E-state index contributed by atoms with van der Waals surface area (Å²) in [6.07, 6.45) is 5.59. The van der Waals surface area contributed by atoms with Crippen LogP contribution >= 0.6 is 0 Å². The molecule has 172 valence electrons. The van der Waals surface area contributed by atoms with Crippen LogP contribution in [0.5, 0.6) is 0 Å². The zero-order chi connectivity index (χ0) is 22.3. The minimum Gasteiger partial charge on any atom is -0.356 e. The molecule has 0 bridgehead atoms. The van der Waals surface area contributed by atoms with Gasteiger partial charge in [0.2, 0.25) is 5.91 Å². The number of hydrogen-bond donors (Lipinski definition) is 1. The number of nitrogens with one attached hydrogen (secondary N) is 1. The molecule has 0 unspecified atom stereocenters. The van der Waals surface area contributed by atoms with Gasteiger partial charge in [-0.2, -0.15) is 0 Å². The first kappa shape index (κ1) is 22.7. The van der Waals surface area contributed by atoms with Gasteiger partial charge in [0.1, 0.15) is 0 Å². The van der Waals surface area contributed by atoms with E-state index in [1.165, 1.54) is 31.5 Å². The van der Waals surface area contributed by atoms with Gasteiger partial charge in [-0.25, -0.2) is 0 Å². The molecule has 0 aliphatic carbocycles. The summed E-state index contributed by atoms with van der Waals surface area (Å²) in [4.78, 5) is 17.5. The molecule has 1 atom stereocenters. The van der Waals surface area contributed by atoms with Crippen molar-refractivity contribution >= 4 is 11.7 Å². The molecule has 2 saturated heterocycles. The Balaban J connectivity index is 1.24. The third-order valence-electron chi connectivity index (χ3n) is 6.91. The number of hydrogen-bond acceptors (Lipinski definition) is 5. The highest BCUT2D eigenvalue weighted by atomic mass is 16.1. The van der Waals surface area contributed by atoms with E-state index >= 15 is 0 Å². The molecule has 2 aromatic rings. The molecule has 3 heterocycles. The molecule has 0 radical (unpaired) electrons. The van der Waals surface area contributed by atoms with Crippen LogP contribution in [0.15, 0.2) is 36.4 Å². The van der Waals surface area contributed by atoms with Gasteiger partial charge < -0.3 is 15.1 Å². The number of aromatic nitrogens is 2. The lowest BCUT2D eigenvalue weighted by atomic mass is 9.97. The second kappa shape index (κ2) is 10.9. The summed E-state index contributed by atoms with van der Waals surface area (Å²) in [6, 6.07) is 12.4. The molecule has 32 heavy (non-hydrogen) atoms. The van der Waals surface area contributed by atoms with Gasteiger partial charge in [-0.15, -0.1) is 10.2 Å². The molecule has 1 amide bonds. The van der Waals surface area contributed by atoms with Crippen LogP contribution in [0.3, 0.4) is 0 Å². The second-order valence-electron chi connectivity index (χ2n) is 9.60. The molecule has 1 aromatic heterocycles. The summed E-state index contributed by atoms with van der Waals surface area (Å²) in [5.41, 5.74) is 3.18. The molecule has 1 N–H and O–H groups in total. The number of piperidine rings is 2. The summed E-state index contributed by atoms with van der Waals surface area (Å²) in [5.74, 6) is 1.94. The van der Waals surface area contributed by atoms with Crippen molar-refractivity contribution < 1.29 is 4.79 Å². The largest absolute Gasteiger partial charge is 0.356 e. The van der Waals surface area contributed by atoms with Crippen LogP contribution in [-0.2, 0) is 4.79 Å². The predicted octanol–water partition coefficient (Wildman–Crippen LogP) is 3.91. The molecule has 6 heteroatoms. The van der Waals surface area contributed by atoms with Crippen LogP contribution in [0.4, 0.5) is 5.82 Å². The minimum absolute atomic E-state index is 0.0258. The predicted molar refractivity (Wildman–Crippen MR) is 130 cm³/mol. The zero-order valence-corrected chi connectivity index (χ0v) is 19.6. The second-order valence-corrected chi connectivity index (χ2v) is 9.60. The molecule has 2 aliphatic heterocycles. The fraction of sp³-hybridized carbons (Fsp3) is 0.577. The number of benzene rings is 1. The standard InChI is InChI=1S/C26H37N5O/c1-20-11-16-30(17-12-20)14-5-13-27-26(32)23-8-4-15-31(19-23)25-10-9-24(28-29-25)22-7-3-6-21(2)18-22/h3,6-7,9-10,18,20,23H,4-5,8,11-17,19H2,1-2H3,(H,27,32)/t23-/m1/s1. The van der Waals surface area contributed by atoms with E-state index in [1.807, 2.05) is 18.2 Å². The van der Waals surface area contributed by atoms with Crippen molar-refractivity contribution in [2.75, 3.05) is 44.2 Å². The summed E-state index contributed by atoms with van der Waals surface area (Å²) < 4.78 is 0. The third-order valence-corrected chi connectivity index (χ3v) is 6.91. The number of likely N-dealkylation sites (tertiary alicyclic amines) is 1. The highest BCUT2D eigenvalue weighted by Crippen LogP contribution is 2.24. The maximum atomic E-state index is 12.8. The van der Waals surface area contributed by atoms with Crippen molar-refractivity contribution in [3.05, 3.63) is 42.0 Å². The van der Waals surface area contributed by atoms with Gasteiger partial charge in [0.15, 0.2) is 5.82 Å². The van der Waals surface area contributed by atoms with Crippen molar-refractivity contribution in [2.24, 2.45) is 11.8 Å². The first-order valence-corrected chi connectivity index (χ1v) is 12.2. The van der Waals surface area contributed by atoms with Crippen LogP contribution in [0.2, 0.25) is 0 Å². The third kappa shape index (κ3) is 6.06. The van der Waals surface area contributed by atoms with Gasteiger partial charge in [-0.1, -0.05) is 30.7 Å². The minimum atomic E-state index is 0.0258. The summed E-state index contributed by atoms with van der Waals surface area (Å²) in [6.45, 7) is 10.3. The van der Waals surface area contributed by atoms with Crippen molar-refractivity contribution in [2.45, 2.75) is 46.0 Å². The lowest BCUT2D eigenvalue weighted by Crippen LogP contribution is -2.44. The van der Waals surface area contributed by atoms with Crippen LogP contribution in [0.25, 0.3) is 11.3 Å². The van der Waals surface area contributed by atoms with E-state index in [2.05, 4.69) is 57.4 Å². The topological polar surface area (TPSA) is 61.4 Å². The van der Waals surface area contributed by atoms with Crippen molar-refractivity contribution in [3.63, 3.8) is 0 Å². The lowest BCUT2D eigenvalue weighted by Gasteiger charge is -2.33. The fourth-order valence-corrected chi connectivity index (χ4v) is 4.80. The number of carbonyl (C=O) groups excluding carboxylic acids is 1. The number of rotatable bonds is 7. The fourth-order valence-electron chi connectivity index (χ4n) is 4.80. The Morgan fingerprint density at radius 1 is 1.09 bits per heavy atom. The molecule has 2 fully saturated rings. The average Bonchev–Trinajstić information content (AvgIpc) is 2.83. The smallest absolute Gasteiger partial charge is 0.224 e. The highest BCUT2D eigenvalue weighted by molar-refractivity contribution is 5.79. The quantitative estimate of drug-likeness (QED) is 0.668. The van der Waals surface area contributed by atoms with E-state index in [0.29, 0.717) is 6.54 Å². The van der Waals surface area contributed by atoms with E-state index in [1.54, 1.807) is 0 Å². The van der Waals surface area contributed by atoms with E-state index in [4.69, 9.17) is 0 Å². The number of nitrogens with zero attached hydrogens (tertiary/aromatic N) is 4. The van der Waals surface area contributed by atoms with E-state index < -0.39 is 0 Å². The Bertz CT molecular complexity index is 876. The average molecular weight is 436 g/mol. The first-order valence-electron chi connectivity index (χ1n) is 12.2. The molecule has 6 nitrogen and oxygen atoms in total. The monoisotopic (exact) mass is 435 g/mol. The number of anilines is 1. The summed E-state index contributed by atoms with van der Waals surface area (Å²) in [5, 5.41) is 12.1. The van der Waals surface area contributed by atoms with Gasteiger partial charge in [-0.05, 0) is 82.8 Å². The van der Waals surface area contributed by atoms with Crippen LogP contribution in [0.1, 0.15) is 44.6 Å². The van der Waals surface area contributed by atoms with E-state index in [-0.39, 0.29) is 11.8 Å². The van der Waals surface area contributed by atoms with Crippen LogP contribution in [-0.4, -0.2) is 60.3 Å². The molecule has 0 spiro atoms. The van der Waals surface area contributed by atoms with E-state index in [0.717, 1.165) is 61.9 Å². The Morgan fingerprint density at radius 3 is 2.69 bits per heavy atom. The molecule has 1 aromatic carbocycles. The molecule has 4 rings (SSSR count). The van der Waals surface area contributed by atoms with Crippen LogP contribution < -0.4 is 10.2 Å². The zero-order valence-electron chi connectivity index (χ0n) is 19.6. The normalized spacial score (nSPS) is 20.3. The number of amides is 1. The van der Waals surface area contributed by atoms with Gasteiger partial charge in [0.25, 0.3) is 0 Å². The Hall–Kier alpha value is -2.47. The molecular formula is C26H37N5O. The van der Waals surface area contributed by atoms with Crippen molar-refractivity contribution in [1.29, 1.82) is 0 Å². The summed E-state index contributed by atoms with van der Waals surface area (Å²) in [7, 11) is 0. The summed E-state index contributed by atoms with van der Waals surface area (Å²) >= 11 is 0. The lowest BCUT2D eigenvalue weighted by molar-refractivity contribution is -0.125. The molecule has 0 saturated carbocycles. The van der Waals surface area contributed by atoms with Crippen molar-refractivity contribution in [3.8, 4) is 11.3 Å². The van der Waals surface area contributed by atoms with Crippen molar-refractivity contribution in [1.82, 2.24) is 20.4 Å². The number of aryl methyl sites for hydroxylation is 1. The van der Waals surface area contributed by atoms with Gasteiger partial charge in [0, 0.05) is 25.2 Å². The highest BCUT2D eigenvalue weighted by Gasteiger charge is 2.26. The van der Waals surface area contributed by atoms with Gasteiger partial charge in [-0.3, -0.25) is 4.79 Å². The molecule has 2 aliphatic rings. The first-order chi connectivity index (χ1) is 15.6. The van der Waals surface area contributed by atoms with Gasteiger partial charge >= 0.3 is 0 Å². The molecular weight excluding hydrogens is 398 g/mol. The maximum absolute atomic E-state index is 12.8.